The molecule has 2 rings (SSSR count). The third-order valence-electron chi connectivity index (χ3n) is 3.80. The molecule has 0 aliphatic heterocycles. The minimum Gasteiger partial charge on any atom is -0.437 e. The van der Waals surface area contributed by atoms with E-state index in [0.717, 1.165) is 19.2 Å². The number of rotatable bonds is 5. The molecule has 1 aromatic carbocycles. The summed E-state index contributed by atoms with van der Waals surface area (Å²) in [5, 5.41) is 8.76. The molecular weight excluding hydrogens is 411 g/mol. The molecular formula is C19H18F3NO7. The van der Waals surface area contributed by atoms with Crippen LogP contribution in [0.15, 0.2) is 24.3 Å². The van der Waals surface area contributed by atoms with Crippen molar-refractivity contribution in [2.75, 3.05) is 20.3 Å². The zero-order valence-corrected chi connectivity index (χ0v) is 16.2. The first kappa shape index (κ1) is 22.9. The van der Waals surface area contributed by atoms with Gasteiger partial charge >= 0.3 is 18.5 Å². The quantitative estimate of drug-likeness (QED) is 0.711. The Bertz CT molecular complexity index is 944. The second kappa shape index (κ2) is 9.44. The number of nitrogens with zero attached hydrogens (tertiary/aromatic N) is 1. The average Bonchev–Trinajstić information content (AvgIpc) is 2.69. The summed E-state index contributed by atoms with van der Waals surface area (Å²) in [6.45, 7) is 1.92. The maximum absolute atomic E-state index is 13.6. The molecule has 0 aliphatic rings. The van der Waals surface area contributed by atoms with Crippen LogP contribution in [-0.4, -0.2) is 42.7 Å². The number of carbonyl (C=O) groups excluding carboxylic acids is 2. The molecule has 0 unspecified atom stereocenters. The van der Waals surface area contributed by atoms with E-state index >= 15 is 0 Å². The van der Waals surface area contributed by atoms with Gasteiger partial charge in [0.15, 0.2) is 11.5 Å². The first-order valence-corrected chi connectivity index (χ1v) is 8.49. The van der Waals surface area contributed by atoms with Crippen molar-refractivity contribution >= 4 is 12.3 Å². The third kappa shape index (κ3) is 5.17. The van der Waals surface area contributed by atoms with Gasteiger partial charge in [-0.3, -0.25) is 4.98 Å². The van der Waals surface area contributed by atoms with Gasteiger partial charge in [-0.05, 0) is 19.9 Å². The Balaban J connectivity index is 2.80. The molecule has 0 saturated heterocycles. The first-order chi connectivity index (χ1) is 14.1. The highest BCUT2D eigenvalue weighted by molar-refractivity contribution is 5.85. The standard InChI is InChI=1S/C19H18F3NO7/c1-10-15(29-17(25)27-3)14(12-6-4-5-7-13(12)19(20,21)22)16(11(2)23-10)30-18(26)28-9-8-24/h4-7,24H,8-9H2,1-3H3. The van der Waals surface area contributed by atoms with Crippen molar-refractivity contribution in [1.29, 1.82) is 0 Å². The van der Waals surface area contributed by atoms with E-state index in [1.54, 1.807) is 0 Å². The van der Waals surface area contributed by atoms with Crippen molar-refractivity contribution in [3.8, 4) is 22.6 Å². The van der Waals surface area contributed by atoms with Crippen molar-refractivity contribution in [2.24, 2.45) is 0 Å². The van der Waals surface area contributed by atoms with Crippen LogP contribution in [-0.2, 0) is 15.7 Å². The van der Waals surface area contributed by atoms with E-state index in [4.69, 9.17) is 14.6 Å². The number of hydrogen-bond donors (Lipinski definition) is 1. The van der Waals surface area contributed by atoms with Gasteiger partial charge < -0.3 is 24.1 Å². The molecule has 0 atom stereocenters. The molecule has 8 nitrogen and oxygen atoms in total. The third-order valence-corrected chi connectivity index (χ3v) is 3.80. The van der Waals surface area contributed by atoms with Gasteiger partial charge in [-0.2, -0.15) is 13.2 Å². The zero-order valence-electron chi connectivity index (χ0n) is 16.2. The molecule has 0 bridgehead atoms. The summed E-state index contributed by atoms with van der Waals surface area (Å²) in [7, 11) is 1.02. The van der Waals surface area contributed by atoms with Crippen LogP contribution in [0.25, 0.3) is 11.1 Å². The van der Waals surface area contributed by atoms with E-state index < -0.39 is 48.6 Å². The number of hydrogen-bond acceptors (Lipinski definition) is 8. The zero-order chi connectivity index (χ0) is 22.5. The highest BCUT2D eigenvalue weighted by atomic mass is 19.4. The second-order valence-corrected chi connectivity index (χ2v) is 5.84. The fraction of sp³-hybridized carbons (Fsp3) is 0.316. The molecule has 0 amide bonds. The number of aliphatic hydroxyl groups excluding tert-OH is 1. The van der Waals surface area contributed by atoms with Crippen molar-refractivity contribution in [3.05, 3.63) is 41.2 Å². The molecule has 1 aromatic heterocycles. The Labute approximate surface area is 169 Å². The van der Waals surface area contributed by atoms with E-state index in [2.05, 4.69) is 14.5 Å². The van der Waals surface area contributed by atoms with Gasteiger partial charge in [0.05, 0.1) is 36.2 Å². The summed E-state index contributed by atoms with van der Waals surface area (Å²) >= 11 is 0. The predicted molar refractivity (Wildman–Crippen MR) is 96.2 cm³/mol. The Kier molecular flexibility index (Phi) is 7.22. The summed E-state index contributed by atoms with van der Waals surface area (Å²) in [6.07, 6.45) is -7.25. The van der Waals surface area contributed by atoms with Crippen molar-refractivity contribution in [2.45, 2.75) is 20.0 Å². The number of pyridine rings is 1. The van der Waals surface area contributed by atoms with Crippen molar-refractivity contribution < 1.29 is 46.8 Å². The highest BCUT2D eigenvalue weighted by Gasteiger charge is 2.36. The van der Waals surface area contributed by atoms with Crippen LogP contribution < -0.4 is 9.47 Å². The van der Waals surface area contributed by atoms with E-state index in [-0.39, 0.29) is 22.7 Å². The van der Waals surface area contributed by atoms with Gasteiger partial charge in [-0.1, -0.05) is 18.2 Å². The van der Waals surface area contributed by atoms with Gasteiger partial charge in [0.1, 0.15) is 6.61 Å². The molecule has 1 N–H and O–H groups in total. The van der Waals surface area contributed by atoms with E-state index in [9.17, 15) is 22.8 Å². The maximum Gasteiger partial charge on any atom is 0.514 e. The molecule has 1 heterocycles. The smallest absolute Gasteiger partial charge is 0.437 e. The number of halogens is 3. The Morgan fingerprint density at radius 1 is 1.03 bits per heavy atom. The van der Waals surface area contributed by atoms with Crippen molar-refractivity contribution in [3.63, 3.8) is 0 Å². The minimum atomic E-state index is -4.77. The second-order valence-electron chi connectivity index (χ2n) is 5.84. The molecule has 11 heteroatoms. The first-order valence-electron chi connectivity index (χ1n) is 8.49. The molecule has 0 aliphatic carbocycles. The predicted octanol–water partition coefficient (Wildman–Crippen LogP) is 4.04. The van der Waals surface area contributed by atoms with Gasteiger partial charge in [-0.25, -0.2) is 9.59 Å². The lowest BCUT2D eigenvalue weighted by atomic mass is 9.96. The summed E-state index contributed by atoms with van der Waals surface area (Å²) < 4.78 is 60.1. The number of benzene rings is 1. The summed E-state index contributed by atoms with van der Waals surface area (Å²) in [5.74, 6) is -0.784. The van der Waals surface area contributed by atoms with Gasteiger partial charge in [-0.15, -0.1) is 0 Å². The molecule has 162 valence electrons. The van der Waals surface area contributed by atoms with Crippen LogP contribution in [0.3, 0.4) is 0 Å². The molecule has 0 spiro atoms. The van der Waals surface area contributed by atoms with E-state index in [1.807, 2.05) is 0 Å². The Morgan fingerprint density at radius 2 is 1.60 bits per heavy atom. The molecule has 30 heavy (non-hydrogen) atoms. The Hall–Kier alpha value is -3.34. The monoisotopic (exact) mass is 429 g/mol. The normalized spacial score (nSPS) is 11.0. The fourth-order valence-corrected chi connectivity index (χ4v) is 2.63. The minimum absolute atomic E-state index is 0.0395. The maximum atomic E-state index is 13.6. The van der Waals surface area contributed by atoms with Gasteiger partial charge in [0.2, 0.25) is 0 Å². The SMILES string of the molecule is COC(=O)Oc1c(C)nc(C)c(OC(=O)OCCO)c1-c1ccccc1C(F)(F)F. The van der Waals surface area contributed by atoms with Gasteiger partial charge in [0.25, 0.3) is 0 Å². The number of methoxy groups -OCH3 is 1. The average molecular weight is 429 g/mol. The molecule has 2 aromatic rings. The number of ether oxygens (including phenoxy) is 4. The number of carbonyl (C=O) groups is 2. The van der Waals surface area contributed by atoms with Gasteiger partial charge in [0, 0.05) is 5.56 Å². The van der Waals surface area contributed by atoms with E-state index in [0.29, 0.717) is 0 Å². The lowest BCUT2D eigenvalue weighted by Crippen LogP contribution is -2.17. The number of alkyl halides is 3. The topological polar surface area (TPSA) is 104 Å². The molecule has 0 saturated carbocycles. The van der Waals surface area contributed by atoms with Crippen LogP contribution in [0.5, 0.6) is 11.5 Å². The van der Waals surface area contributed by atoms with Crippen LogP contribution in [0.2, 0.25) is 0 Å². The molecule has 0 fully saturated rings. The van der Waals surface area contributed by atoms with Crippen LogP contribution in [0, 0.1) is 13.8 Å². The van der Waals surface area contributed by atoms with Crippen LogP contribution >= 0.6 is 0 Å². The fourth-order valence-electron chi connectivity index (χ4n) is 2.63. The van der Waals surface area contributed by atoms with Crippen LogP contribution in [0.1, 0.15) is 17.0 Å². The van der Waals surface area contributed by atoms with Crippen molar-refractivity contribution in [1.82, 2.24) is 4.98 Å². The lowest BCUT2D eigenvalue weighted by molar-refractivity contribution is -0.137. The highest BCUT2D eigenvalue weighted by Crippen LogP contribution is 2.46. The lowest BCUT2D eigenvalue weighted by Gasteiger charge is -2.20. The summed E-state index contributed by atoms with van der Waals surface area (Å²) in [5.41, 5.74) is -1.71. The largest absolute Gasteiger partial charge is 0.514 e. The van der Waals surface area contributed by atoms with Crippen LogP contribution in [0.4, 0.5) is 22.8 Å². The number of aliphatic hydroxyl groups is 1. The van der Waals surface area contributed by atoms with E-state index in [1.165, 1.54) is 26.0 Å². The Morgan fingerprint density at radius 3 is 2.13 bits per heavy atom. The number of aryl methyl sites for hydroxylation is 2. The summed E-state index contributed by atoms with van der Waals surface area (Å²) in [4.78, 5) is 27.7. The summed E-state index contributed by atoms with van der Waals surface area (Å²) in [6, 6.07) is 4.48. The molecule has 0 radical (unpaired) electrons. The number of aromatic nitrogens is 1.